The van der Waals surface area contributed by atoms with Crippen molar-refractivity contribution in [3.8, 4) is 0 Å². The maximum atomic E-state index is 12.2. The standard InChI is InChI=1S/C14H12BrN3O3/c1-8-6-9(2-4-12(8)15)17-14(19)11-7-10(18(20)21)3-5-13(11)16/h2-7H,16H2,1H3,(H,17,19). The first kappa shape index (κ1) is 15.0. The Morgan fingerprint density at radius 3 is 2.62 bits per heavy atom. The molecular formula is C14H12BrN3O3. The van der Waals surface area contributed by atoms with Gasteiger partial charge in [-0.05, 0) is 36.8 Å². The molecule has 0 aliphatic rings. The predicted octanol–water partition coefficient (Wildman–Crippen LogP) is 3.50. The van der Waals surface area contributed by atoms with Gasteiger partial charge in [0.05, 0.1) is 10.5 Å². The number of non-ortho nitro benzene ring substituents is 1. The summed E-state index contributed by atoms with van der Waals surface area (Å²) in [5, 5.41) is 13.4. The fourth-order valence-corrected chi connectivity index (χ4v) is 2.02. The van der Waals surface area contributed by atoms with Crippen LogP contribution in [0.15, 0.2) is 40.9 Å². The van der Waals surface area contributed by atoms with Crippen molar-refractivity contribution in [3.05, 3.63) is 62.1 Å². The van der Waals surface area contributed by atoms with E-state index in [1.807, 2.05) is 13.0 Å². The zero-order valence-electron chi connectivity index (χ0n) is 11.1. The van der Waals surface area contributed by atoms with Crippen molar-refractivity contribution in [2.45, 2.75) is 6.92 Å². The van der Waals surface area contributed by atoms with Crippen molar-refractivity contribution < 1.29 is 9.72 Å². The number of halogens is 1. The maximum Gasteiger partial charge on any atom is 0.270 e. The van der Waals surface area contributed by atoms with Crippen LogP contribution in [-0.4, -0.2) is 10.8 Å². The van der Waals surface area contributed by atoms with Crippen molar-refractivity contribution in [1.82, 2.24) is 0 Å². The average molecular weight is 350 g/mol. The Bertz CT molecular complexity index is 731. The highest BCUT2D eigenvalue weighted by atomic mass is 79.9. The second kappa shape index (κ2) is 5.92. The van der Waals surface area contributed by atoms with Crippen LogP contribution in [0.25, 0.3) is 0 Å². The first-order valence-electron chi connectivity index (χ1n) is 6.00. The lowest BCUT2D eigenvalue weighted by atomic mass is 10.1. The highest BCUT2D eigenvalue weighted by Gasteiger charge is 2.15. The number of rotatable bonds is 3. The van der Waals surface area contributed by atoms with Gasteiger partial charge in [-0.15, -0.1) is 0 Å². The van der Waals surface area contributed by atoms with Crippen LogP contribution >= 0.6 is 15.9 Å². The van der Waals surface area contributed by atoms with E-state index in [1.165, 1.54) is 12.1 Å². The number of carbonyl (C=O) groups is 1. The van der Waals surface area contributed by atoms with E-state index in [0.717, 1.165) is 16.1 Å². The van der Waals surface area contributed by atoms with Crippen LogP contribution in [0.2, 0.25) is 0 Å². The third-order valence-corrected chi connectivity index (χ3v) is 3.80. The quantitative estimate of drug-likeness (QED) is 0.503. The number of nitrogens with zero attached hydrogens (tertiary/aromatic N) is 1. The van der Waals surface area contributed by atoms with Gasteiger partial charge in [0, 0.05) is 28.0 Å². The number of carbonyl (C=O) groups excluding carboxylic acids is 1. The fourth-order valence-electron chi connectivity index (χ4n) is 1.78. The number of nitrogens with two attached hydrogens (primary N) is 1. The molecule has 0 aliphatic heterocycles. The van der Waals surface area contributed by atoms with Gasteiger partial charge in [-0.1, -0.05) is 15.9 Å². The number of anilines is 2. The molecule has 0 heterocycles. The van der Waals surface area contributed by atoms with Gasteiger partial charge in [-0.25, -0.2) is 0 Å². The topological polar surface area (TPSA) is 98.3 Å². The van der Waals surface area contributed by atoms with Crippen LogP contribution in [0.4, 0.5) is 17.1 Å². The molecule has 7 heteroatoms. The number of amides is 1. The molecule has 0 aliphatic carbocycles. The SMILES string of the molecule is Cc1cc(NC(=O)c2cc([N+](=O)[O-])ccc2N)ccc1Br. The molecule has 2 aromatic rings. The molecule has 1 amide bonds. The number of nitrogen functional groups attached to an aromatic ring is 1. The van der Waals surface area contributed by atoms with Gasteiger partial charge in [0.25, 0.3) is 11.6 Å². The third kappa shape index (κ3) is 3.38. The van der Waals surface area contributed by atoms with E-state index in [9.17, 15) is 14.9 Å². The molecule has 0 atom stereocenters. The molecule has 6 nitrogen and oxygen atoms in total. The smallest absolute Gasteiger partial charge is 0.270 e. The summed E-state index contributed by atoms with van der Waals surface area (Å²) in [6.07, 6.45) is 0. The first-order chi connectivity index (χ1) is 9.88. The van der Waals surface area contributed by atoms with Gasteiger partial charge in [-0.2, -0.15) is 0 Å². The second-order valence-electron chi connectivity index (χ2n) is 4.45. The van der Waals surface area contributed by atoms with E-state index in [2.05, 4.69) is 21.2 Å². The van der Waals surface area contributed by atoms with Crippen LogP contribution in [-0.2, 0) is 0 Å². The Labute approximate surface area is 129 Å². The lowest BCUT2D eigenvalue weighted by Crippen LogP contribution is -2.14. The second-order valence-corrected chi connectivity index (χ2v) is 5.30. The fraction of sp³-hybridized carbons (Fsp3) is 0.0714. The van der Waals surface area contributed by atoms with Gasteiger partial charge in [0.2, 0.25) is 0 Å². The normalized spacial score (nSPS) is 10.2. The molecule has 0 bridgehead atoms. The van der Waals surface area contributed by atoms with Gasteiger partial charge in [0.1, 0.15) is 0 Å². The van der Waals surface area contributed by atoms with Gasteiger partial charge >= 0.3 is 0 Å². The summed E-state index contributed by atoms with van der Waals surface area (Å²) in [5.74, 6) is -0.488. The first-order valence-corrected chi connectivity index (χ1v) is 6.79. The van der Waals surface area contributed by atoms with Crippen LogP contribution in [0.5, 0.6) is 0 Å². The lowest BCUT2D eigenvalue weighted by molar-refractivity contribution is -0.384. The molecular weight excluding hydrogens is 338 g/mol. The molecule has 2 aromatic carbocycles. The Balaban J connectivity index is 2.29. The molecule has 108 valence electrons. The van der Waals surface area contributed by atoms with Crippen molar-refractivity contribution in [2.75, 3.05) is 11.1 Å². The third-order valence-electron chi connectivity index (χ3n) is 2.91. The molecule has 21 heavy (non-hydrogen) atoms. The van der Waals surface area contributed by atoms with Gasteiger partial charge in [-0.3, -0.25) is 14.9 Å². The molecule has 0 spiro atoms. The summed E-state index contributed by atoms with van der Waals surface area (Å²) >= 11 is 3.37. The zero-order chi connectivity index (χ0) is 15.6. The number of aryl methyl sites for hydroxylation is 1. The minimum Gasteiger partial charge on any atom is -0.398 e. The largest absolute Gasteiger partial charge is 0.398 e. The molecule has 0 aromatic heterocycles. The number of hydrogen-bond acceptors (Lipinski definition) is 4. The number of benzene rings is 2. The van der Waals surface area contributed by atoms with E-state index in [4.69, 9.17) is 5.73 Å². The summed E-state index contributed by atoms with van der Waals surface area (Å²) < 4.78 is 0.926. The summed E-state index contributed by atoms with van der Waals surface area (Å²) in [7, 11) is 0. The summed E-state index contributed by atoms with van der Waals surface area (Å²) in [6.45, 7) is 1.89. The molecule has 0 radical (unpaired) electrons. The summed E-state index contributed by atoms with van der Waals surface area (Å²) in [6, 6.07) is 9.09. The Hall–Kier alpha value is -2.41. The molecule has 0 fully saturated rings. The molecule has 3 N–H and O–H groups in total. The van der Waals surface area contributed by atoms with Gasteiger partial charge < -0.3 is 11.1 Å². The molecule has 0 saturated carbocycles. The van der Waals surface area contributed by atoms with Gasteiger partial charge in [0.15, 0.2) is 0 Å². The number of nitro groups is 1. The van der Waals surface area contributed by atoms with Crippen molar-refractivity contribution >= 4 is 38.9 Å². The monoisotopic (exact) mass is 349 g/mol. The van der Waals surface area contributed by atoms with Crippen molar-refractivity contribution in [2.24, 2.45) is 0 Å². The van der Waals surface area contributed by atoms with Crippen LogP contribution in [0.3, 0.4) is 0 Å². The average Bonchev–Trinajstić information content (AvgIpc) is 2.43. The summed E-state index contributed by atoms with van der Waals surface area (Å²) in [4.78, 5) is 22.4. The highest BCUT2D eigenvalue weighted by molar-refractivity contribution is 9.10. The van der Waals surface area contributed by atoms with E-state index < -0.39 is 10.8 Å². The Kier molecular flexibility index (Phi) is 4.23. The lowest BCUT2D eigenvalue weighted by Gasteiger charge is -2.09. The van der Waals surface area contributed by atoms with Crippen LogP contribution < -0.4 is 11.1 Å². The number of nitro benzene ring substituents is 1. The van der Waals surface area contributed by atoms with E-state index in [0.29, 0.717) is 5.69 Å². The van der Waals surface area contributed by atoms with Crippen LogP contribution in [0, 0.1) is 17.0 Å². The van der Waals surface area contributed by atoms with Crippen LogP contribution in [0.1, 0.15) is 15.9 Å². The number of hydrogen-bond donors (Lipinski definition) is 2. The number of nitrogens with one attached hydrogen (secondary N) is 1. The zero-order valence-corrected chi connectivity index (χ0v) is 12.7. The maximum absolute atomic E-state index is 12.2. The van der Waals surface area contributed by atoms with Crippen molar-refractivity contribution in [1.29, 1.82) is 0 Å². The predicted molar refractivity (Wildman–Crippen MR) is 84.3 cm³/mol. The highest BCUT2D eigenvalue weighted by Crippen LogP contribution is 2.23. The van der Waals surface area contributed by atoms with E-state index in [-0.39, 0.29) is 16.9 Å². The molecule has 0 saturated heterocycles. The molecule has 2 rings (SSSR count). The Morgan fingerprint density at radius 2 is 2.00 bits per heavy atom. The summed E-state index contributed by atoms with van der Waals surface area (Å²) in [5.41, 5.74) is 7.34. The van der Waals surface area contributed by atoms with E-state index in [1.54, 1.807) is 12.1 Å². The minimum absolute atomic E-state index is 0.0739. The van der Waals surface area contributed by atoms with Crippen molar-refractivity contribution in [3.63, 3.8) is 0 Å². The Morgan fingerprint density at radius 1 is 1.29 bits per heavy atom. The minimum atomic E-state index is -0.569. The molecule has 0 unspecified atom stereocenters. The van der Waals surface area contributed by atoms with E-state index >= 15 is 0 Å².